The molecular weight excluding hydrogens is 307 g/mol. The molecule has 1 aromatic carbocycles. The molecule has 0 spiro atoms. The molecule has 1 saturated heterocycles. The molecule has 1 N–H and O–H groups in total. The second kappa shape index (κ2) is 5.67. The van der Waals surface area contributed by atoms with Crippen LogP contribution in [0.5, 0.6) is 0 Å². The molecule has 0 aromatic heterocycles. The second-order valence-corrected chi connectivity index (χ2v) is 6.97. The van der Waals surface area contributed by atoms with Crippen LogP contribution >= 0.6 is 0 Å². The van der Waals surface area contributed by atoms with Gasteiger partial charge in [0.25, 0.3) is 0 Å². The summed E-state index contributed by atoms with van der Waals surface area (Å²) in [6.45, 7) is 0.499. The molecule has 0 bridgehead atoms. The van der Waals surface area contributed by atoms with Crippen molar-refractivity contribution < 1.29 is 26.4 Å². The Bertz CT molecular complexity index is 640. The molecule has 4 nitrogen and oxygen atoms in total. The minimum absolute atomic E-state index is 0.364. The molecule has 1 heterocycles. The van der Waals surface area contributed by atoms with Crippen LogP contribution in [0.3, 0.4) is 0 Å². The van der Waals surface area contributed by atoms with Crippen LogP contribution in [0.1, 0.15) is 18.4 Å². The second-order valence-electron chi connectivity index (χ2n) is 4.94. The smallest absolute Gasteiger partial charge is 0.356 e. The predicted molar refractivity (Wildman–Crippen MR) is 69.2 cm³/mol. The summed E-state index contributed by atoms with van der Waals surface area (Å²) in [5.74, 6) is -1.55. The highest BCUT2D eigenvalue weighted by Crippen LogP contribution is 2.31. The van der Waals surface area contributed by atoms with Gasteiger partial charge in [0.1, 0.15) is 0 Å². The molecular formula is C13H14F3NO3S. The average Bonchev–Trinajstić information content (AvgIpc) is 2.40. The molecule has 21 heavy (non-hydrogen) atoms. The molecule has 2 rings (SSSR count). The Hall–Kier alpha value is -1.57. The Morgan fingerprint density at radius 1 is 1.29 bits per heavy atom. The summed E-state index contributed by atoms with van der Waals surface area (Å²) in [5.41, 5.74) is -1.02. The summed E-state index contributed by atoms with van der Waals surface area (Å²) < 4.78 is 62.2. The van der Waals surface area contributed by atoms with Gasteiger partial charge >= 0.3 is 6.18 Å². The number of hydrogen-bond acceptors (Lipinski definition) is 3. The van der Waals surface area contributed by atoms with Crippen molar-refractivity contribution in [3.05, 3.63) is 29.8 Å². The number of benzene rings is 1. The lowest BCUT2D eigenvalue weighted by Crippen LogP contribution is -2.39. The number of piperidine rings is 1. The van der Waals surface area contributed by atoms with E-state index in [1.165, 1.54) is 0 Å². The maximum absolute atomic E-state index is 12.6. The van der Waals surface area contributed by atoms with Gasteiger partial charge in [0.2, 0.25) is 5.91 Å². The van der Waals surface area contributed by atoms with E-state index >= 15 is 0 Å². The summed E-state index contributed by atoms with van der Waals surface area (Å²) >= 11 is 0. The number of carbonyl (C=O) groups excluding carboxylic acids is 1. The van der Waals surface area contributed by atoms with Crippen LogP contribution in [0, 0.1) is 5.92 Å². The van der Waals surface area contributed by atoms with Crippen molar-refractivity contribution in [1.82, 2.24) is 5.32 Å². The lowest BCUT2D eigenvalue weighted by molar-refractivity contribution is -0.137. The average molecular weight is 321 g/mol. The lowest BCUT2D eigenvalue weighted by atomic mass is 10.0. The van der Waals surface area contributed by atoms with Gasteiger partial charge in [0.15, 0.2) is 9.84 Å². The van der Waals surface area contributed by atoms with Gasteiger partial charge in [-0.2, -0.15) is 13.2 Å². The molecule has 0 unspecified atom stereocenters. The van der Waals surface area contributed by atoms with E-state index < -0.39 is 38.1 Å². The van der Waals surface area contributed by atoms with Gasteiger partial charge < -0.3 is 5.32 Å². The third-order valence-corrected chi connectivity index (χ3v) is 5.15. The normalized spacial score (nSPS) is 20.1. The lowest BCUT2D eigenvalue weighted by Gasteiger charge is -2.21. The van der Waals surface area contributed by atoms with E-state index in [9.17, 15) is 26.4 Å². The number of sulfone groups is 1. The molecule has 1 amide bonds. The van der Waals surface area contributed by atoms with E-state index in [-0.39, 0.29) is 5.91 Å². The minimum atomic E-state index is -4.60. The maximum Gasteiger partial charge on any atom is 0.416 e. The Kier molecular flexibility index (Phi) is 4.27. The van der Waals surface area contributed by atoms with Gasteiger partial charge in [-0.25, -0.2) is 8.42 Å². The largest absolute Gasteiger partial charge is 0.416 e. The monoisotopic (exact) mass is 321 g/mol. The van der Waals surface area contributed by atoms with Crippen molar-refractivity contribution in [2.45, 2.75) is 23.9 Å². The van der Waals surface area contributed by atoms with Crippen molar-refractivity contribution in [3.63, 3.8) is 0 Å². The first-order valence-corrected chi connectivity index (χ1v) is 8.03. The SMILES string of the molecule is O=C1NCCC[C@@H]1CS(=O)(=O)c1cccc(C(F)(F)F)c1. The molecule has 8 heteroatoms. The highest BCUT2D eigenvalue weighted by Gasteiger charge is 2.33. The molecule has 1 atom stereocenters. The topological polar surface area (TPSA) is 63.2 Å². The molecule has 0 saturated carbocycles. The Morgan fingerprint density at radius 3 is 2.62 bits per heavy atom. The number of amides is 1. The van der Waals surface area contributed by atoms with Crippen LogP contribution in [0.15, 0.2) is 29.2 Å². The third kappa shape index (κ3) is 3.75. The van der Waals surface area contributed by atoms with Crippen LogP contribution in [-0.4, -0.2) is 26.6 Å². The van der Waals surface area contributed by atoms with Gasteiger partial charge in [-0.05, 0) is 31.0 Å². The molecule has 1 fully saturated rings. The number of alkyl halides is 3. The first kappa shape index (κ1) is 15.8. The van der Waals surface area contributed by atoms with E-state index in [0.717, 1.165) is 18.2 Å². The number of rotatable bonds is 3. The Balaban J connectivity index is 2.25. The summed E-state index contributed by atoms with van der Waals surface area (Å²) in [5, 5.41) is 2.56. The molecule has 1 aromatic rings. The number of carbonyl (C=O) groups is 1. The van der Waals surface area contributed by atoms with Crippen molar-refractivity contribution in [3.8, 4) is 0 Å². The maximum atomic E-state index is 12.6. The molecule has 1 aliphatic rings. The van der Waals surface area contributed by atoms with E-state index in [1.54, 1.807) is 0 Å². The molecule has 116 valence electrons. The standard InChI is InChI=1S/C13H14F3NO3S/c14-13(15,16)10-4-1-5-11(7-10)21(19,20)8-9-3-2-6-17-12(9)18/h1,4-5,7,9H,2-3,6,8H2,(H,17,18)/t9-/m1/s1. The van der Waals surface area contributed by atoms with Crippen molar-refractivity contribution in [2.24, 2.45) is 5.92 Å². The highest BCUT2D eigenvalue weighted by atomic mass is 32.2. The van der Waals surface area contributed by atoms with Crippen molar-refractivity contribution in [1.29, 1.82) is 0 Å². The summed E-state index contributed by atoms with van der Waals surface area (Å²) in [7, 11) is -3.94. The van der Waals surface area contributed by atoms with Gasteiger partial charge in [-0.1, -0.05) is 6.07 Å². The molecule has 0 aliphatic carbocycles. The van der Waals surface area contributed by atoms with Crippen LogP contribution < -0.4 is 5.32 Å². The van der Waals surface area contributed by atoms with Crippen molar-refractivity contribution in [2.75, 3.05) is 12.3 Å². The first-order valence-electron chi connectivity index (χ1n) is 6.38. The van der Waals surface area contributed by atoms with E-state index in [1.807, 2.05) is 0 Å². The van der Waals surface area contributed by atoms with Crippen LogP contribution in [0.2, 0.25) is 0 Å². The quantitative estimate of drug-likeness (QED) is 0.926. The first-order chi connectivity index (χ1) is 9.70. The molecule has 1 aliphatic heterocycles. The van der Waals surface area contributed by atoms with Gasteiger partial charge in [0.05, 0.1) is 22.1 Å². The minimum Gasteiger partial charge on any atom is -0.356 e. The predicted octanol–water partition coefficient (Wildman–Crippen LogP) is 2.01. The Labute approximate surface area is 120 Å². The van der Waals surface area contributed by atoms with Crippen LogP contribution in [0.4, 0.5) is 13.2 Å². The summed E-state index contributed by atoms with van der Waals surface area (Å²) in [4.78, 5) is 11.2. The third-order valence-electron chi connectivity index (χ3n) is 3.34. The van der Waals surface area contributed by atoms with Crippen LogP contribution in [0.25, 0.3) is 0 Å². The fraction of sp³-hybridized carbons (Fsp3) is 0.462. The van der Waals surface area contributed by atoms with Gasteiger partial charge in [-0.3, -0.25) is 4.79 Å². The summed E-state index contributed by atoms with van der Waals surface area (Å²) in [6, 6.07) is 3.59. The van der Waals surface area contributed by atoms with Gasteiger partial charge in [0, 0.05) is 6.54 Å². The summed E-state index contributed by atoms with van der Waals surface area (Å²) in [6.07, 6.45) is -3.52. The van der Waals surface area contributed by atoms with Crippen LogP contribution in [-0.2, 0) is 20.8 Å². The number of halogens is 3. The highest BCUT2D eigenvalue weighted by molar-refractivity contribution is 7.91. The van der Waals surface area contributed by atoms with Crippen molar-refractivity contribution >= 4 is 15.7 Å². The fourth-order valence-corrected chi connectivity index (χ4v) is 3.85. The zero-order valence-corrected chi connectivity index (χ0v) is 11.8. The zero-order valence-electron chi connectivity index (χ0n) is 11.0. The van der Waals surface area contributed by atoms with E-state index in [0.29, 0.717) is 25.5 Å². The number of hydrogen-bond donors (Lipinski definition) is 1. The van der Waals surface area contributed by atoms with E-state index in [2.05, 4.69) is 5.32 Å². The Morgan fingerprint density at radius 2 is 2.00 bits per heavy atom. The van der Waals surface area contributed by atoms with Gasteiger partial charge in [-0.15, -0.1) is 0 Å². The zero-order chi connectivity index (χ0) is 15.7. The fourth-order valence-electron chi connectivity index (χ4n) is 2.22. The van der Waals surface area contributed by atoms with E-state index in [4.69, 9.17) is 0 Å². The number of nitrogens with one attached hydrogen (secondary N) is 1. The molecule has 0 radical (unpaired) electrons.